The Bertz CT molecular complexity index is 424. The van der Waals surface area contributed by atoms with E-state index in [4.69, 9.17) is 10.5 Å². The van der Waals surface area contributed by atoms with Gasteiger partial charge in [0, 0.05) is 17.5 Å². The van der Waals surface area contributed by atoms with Crippen LogP contribution in [0.5, 0.6) is 0 Å². The van der Waals surface area contributed by atoms with Crippen molar-refractivity contribution in [2.75, 3.05) is 13.2 Å². The highest BCUT2D eigenvalue weighted by molar-refractivity contribution is 9.10. The number of Topliss-reactive ketones (excluding diaryl/α,β-unsaturated/α-hetero) is 1. The van der Waals surface area contributed by atoms with Gasteiger partial charge in [0.25, 0.3) is 0 Å². The number of ether oxygens (including phenoxy) is 1. The summed E-state index contributed by atoms with van der Waals surface area (Å²) >= 11 is 3.19. The fourth-order valence-electron chi connectivity index (χ4n) is 1.88. The van der Waals surface area contributed by atoms with Crippen LogP contribution in [0.1, 0.15) is 12.0 Å². The van der Waals surface area contributed by atoms with Gasteiger partial charge in [0.2, 0.25) is 0 Å². The third-order valence-corrected chi connectivity index (χ3v) is 3.35. The van der Waals surface area contributed by atoms with Crippen molar-refractivity contribution in [3.05, 3.63) is 34.1 Å². The molecule has 1 aliphatic heterocycles. The van der Waals surface area contributed by atoms with Crippen molar-refractivity contribution < 1.29 is 13.9 Å². The van der Waals surface area contributed by atoms with Crippen molar-refractivity contribution in [3.8, 4) is 0 Å². The molecule has 0 radical (unpaired) electrons. The van der Waals surface area contributed by atoms with Gasteiger partial charge in [0.15, 0.2) is 5.78 Å². The Morgan fingerprint density at radius 2 is 2.29 bits per heavy atom. The Morgan fingerprint density at radius 1 is 1.53 bits per heavy atom. The molecule has 2 N–H and O–H groups in total. The average Bonchev–Trinajstić information content (AvgIpc) is 2.64. The lowest BCUT2D eigenvalue weighted by Crippen LogP contribution is -2.49. The summed E-state index contributed by atoms with van der Waals surface area (Å²) < 4.78 is 18.9. The minimum absolute atomic E-state index is 0.104. The van der Waals surface area contributed by atoms with Crippen LogP contribution in [0.4, 0.5) is 4.39 Å². The normalized spacial score (nSPS) is 23.9. The van der Waals surface area contributed by atoms with E-state index in [-0.39, 0.29) is 24.6 Å². The molecule has 1 atom stereocenters. The third-order valence-electron chi connectivity index (χ3n) is 2.89. The fraction of sp³-hybridized carbons (Fsp3) is 0.417. The number of carbonyl (C=O) groups is 1. The largest absolute Gasteiger partial charge is 0.379 e. The van der Waals surface area contributed by atoms with Crippen LogP contribution in [-0.2, 0) is 16.0 Å². The lowest BCUT2D eigenvalue weighted by molar-refractivity contribution is -0.123. The van der Waals surface area contributed by atoms with Gasteiger partial charge in [-0.05, 0) is 30.2 Å². The van der Waals surface area contributed by atoms with Crippen LogP contribution in [0.25, 0.3) is 0 Å². The minimum atomic E-state index is -0.904. The fourth-order valence-corrected chi connectivity index (χ4v) is 2.39. The molecular weight excluding hydrogens is 289 g/mol. The average molecular weight is 302 g/mol. The first-order valence-corrected chi connectivity index (χ1v) is 6.14. The first-order chi connectivity index (χ1) is 7.99. The minimum Gasteiger partial charge on any atom is -0.379 e. The van der Waals surface area contributed by atoms with E-state index in [1.54, 1.807) is 6.07 Å². The van der Waals surface area contributed by atoms with Crippen LogP contribution in [0.2, 0.25) is 0 Å². The van der Waals surface area contributed by atoms with E-state index < -0.39 is 5.54 Å². The second-order valence-corrected chi connectivity index (χ2v) is 5.25. The molecular formula is C12H13BrFNO2. The SMILES string of the molecule is NC1(C(=O)Cc2cc(F)cc(Br)c2)CCOC1. The number of carbonyl (C=O) groups excluding carboxylic acids is 1. The number of benzene rings is 1. The first kappa shape index (κ1) is 12.7. The van der Waals surface area contributed by atoms with E-state index in [2.05, 4.69) is 15.9 Å². The number of ketones is 1. The van der Waals surface area contributed by atoms with E-state index in [1.165, 1.54) is 12.1 Å². The molecule has 1 heterocycles. The maximum Gasteiger partial charge on any atom is 0.159 e. The lowest BCUT2D eigenvalue weighted by atomic mass is 9.90. The molecule has 1 aromatic carbocycles. The van der Waals surface area contributed by atoms with E-state index in [0.717, 1.165) is 0 Å². The van der Waals surface area contributed by atoms with Gasteiger partial charge < -0.3 is 10.5 Å². The highest BCUT2D eigenvalue weighted by Gasteiger charge is 2.37. The first-order valence-electron chi connectivity index (χ1n) is 5.34. The zero-order valence-electron chi connectivity index (χ0n) is 9.21. The summed E-state index contributed by atoms with van der Waals surface area (Å²) in [6.07, 6.45) is 0.665. The number of nitrogens with two attached hydrogens (primary N) is 1. The monoisotopic (exact) mass is 301 g/mol. The standard InChI is InChI=1S/C12H13BrFNO2/c13-9-3-8(4-10(14)6-9)5-11(16)12(15)1-2-17-7-12/h3-4,6H,1-2,5,7,15H2. The predicted octanol–water partition coefficient (Wildman–Crippen LogP) is 1.82. The molecule has 0 spiro atoms. The van der Waals surface area contributed by atoms with Crippen LogP contribution >= 0.6 is 15.9 Å². The Hall–Kier alpha value is -0.780. The Morgan fingerprint density at radius 3 is 2.88 bits per heavy atom. The van der Waals surface area contributed by atoms with Gasteiger partial charge >= 0.3 is 0 Å². The Labute approximate surface area is 107 Å². The van der Waals surface area contributed by atoms with E-state index in [9.17, 15) is 9.18 Å². The van der Waals surface area contributed by atoms with Gasteiger partial charge in [-0.3, -0.25) is 4.79 Å². The summed E-state index contributed by atoms with van der Waals surface area (Å²) in [4.78, 5) is 12.0. The zero-order valence-corrected chi connectivity index (χ0v) is 10.8. The number of hydrogen-bond donors (Lipinski definition) is 1. The van der Waals surface area contributed by atoms with Gasteiger partial charge in [-0.1, -0.05) is 15.9 Å². The van der Waals surface area contributed by atoms with Crippen LogP contribution in [-0.4, -0.2) is 24.5 Å². The number of rotatable bonds is 3. The predicted molar refractivity (Wildman–Crippen MR) is 65.2 cm³/mol. The van der Waals surface area contributed by atoms with Gasteiger partial charge in [-0.2, -0.15) is 0 Å². The molecule has 1 unspecified atom stereocenters. The van der Waals surface area contributed by atoms with Crippen molar-refractivity contribution in [1.82, 2.24) is 0 Å². The number of hydrogen-bond acceptors (Lipinski definition) is 3. The van der Waals surface area contributed by atoms with E-state index in [1.807, 2.05) is 0 Å². The van der Waals surface area contributed by atoms with Crippen molar-refractivity contribution in [3.63, 3.8) is 0 Å². The van der Waals surface area contributed by atoms with Crippen LogP contribution in [0.15, 0.2) is 22.7 Å². The third kappa shape index (κ3) is 2.91. The van der Waals surface area contributed by atoms with Gasteiger partial charge in [-0.25, -0.2) is 4.39 Å². The molecule has 1 saturated heterocycles. The summed E-state index contributed by atoms with van der Waals surface area (Å²) in [5, 5.41) is 0. The molecule has 0 aromatic heterocycles. The van der Waals surface area contributed by atoms with Crippen molar-refractivity contribution in [2.45, 2.75) is 18.4 Å². The van der Waals surface area contributed by atoms with Gasteiger partial charge in [0.05, 0.1) is 6.61 Å². The molecule has 0 bridgehead atoms. The maximum atomic E-state index is 13.2. The molecule has 1 aliphatic rings. The molecule has 1 aromatic rings. The molecule has 3 nitrogen and oxygen atoms in total. The Kier molecular flexibility index (Phi) is 3.61. The van der Waals surface area contributed by atoms with Crippen LogP contribution in [0.3, 0.4) is 0 Å². The molecule has 1 fully saturated rings. The van der Waals surface area contributed by atoms with Gasteiger partial charge in [0.1, 0.15) is 11.4 Å². The highest BCUT2D eigenvalue weighted by Crippen LogP contribution is 2.21. The molecule has 92 valence electrons. The molecule has 5 heteroatoms. The summed E-state index contributed by atoms with van der Waals surface area (Å²) in [6.45, 7) is 0.761. The van der Waals surface area contributed by atoms with Crippen molar-refractivity contribution in [2.24, 2.45) is 5.73 Å². The topological polar surface area (TPSA) is 52.3 Å². The Balaban J connectivity index is 2.12. The highest BCUT2D eigenvalue weighted by atomic mass is 79.9. The quantitative estimate of drug-likeness (QED) is 0.926. The molecule has 0 aliphatic carbocycles. The summed E-state index contributed by atoms with van der Waals surface area (Å²) in [5.41, 5.74) is 5.67. The van der Waals surface area contributed by atoms with Crippen LogP contribution < -0.4 is 5.73 Å². The molecule has 17 heavy (non-hydrogen) atoms. The van der Waals surface area contributed by atoms with E-state index in [0.29, 0.717) is 23.1 Å². The van der Waals surface area contributed by atoms with E-state index >= 15 is 0 Å². The maximum absolute atomic E-state index is 13.2. The molecule has 0 saturated carbocycles. The summed E-state index contributed by atoms with van der Waals surface area (Å²) in [7, 11) is 0. The van der Waals surface area contributed by atoms with Crippen molar-refractivity contribution in [1.29, 1.82) is 0 Å². The molecule has 0 amide bonds. The zero-order chi connectivity index (χ0) is 12.5. The second kappa shape index (κ2) is 4.84. The van der Waals surface area contributed by atoms with Gasteiger partial charge in [-0.15, -0.1) is 0 Å². The van der Waals surface area contributed by atoms with Crippen LogP contribution in [0, 0.1) is 5.82 Å². The summed E-state index contributed by atoms with van der Waals surface area (Å²) in [5.74, 6) is -0.469. The number of halogens is 2. The summed E-state index contributed by atoms with van der Waals surface area (Å²) in [6, 6.07) is 4.42. The molecule has 2 rings (SSSR count). The van der Waals surface area contributed by atoms with Crippen molar-refractivity contribution >= 4 is 21.7 Å². The lowest BCUT2D eigenvalue weighted by Gasteiger charge is -2.19. The smallest absolute Gasteiger partial charge is 0.159 e. The second-order valence-electron chi connectivity index (χ2n) is 4.34.